The summed E-state index contributed by atoms with van der Waals surface area (Å²) in [6.45, 7) is 2.44. The van der Waals surface area contributed by atoms with Crippen LogP contribution in [0.1, 0.15) is 52.4 Å². The van der Waals surface area contributed by atoms with Crippen molar-refractivity contribution in [2.75, 3.05) is 13.2 Å². The molecule has 0 spiro atoms. The minimum atomic E-state index is -4.22. The van der Waals surface area contributed by atoms with E-state index in [2.05, 4.69) is 12.2 Å². The molecule has 2 nitrogen and oxygen atoms in total. The molecule has 0 radical (unpaired) electrons. The topological polar surface area (TPSA) is 32.3 Å². The van der Waals surface area contributed by atoms with Crippen molar-refractivity contribution in [3.05, 3.63) is 0 Å². The Bertz CT molecular complexity index is 197. The molecule has 0 rings (SSSR count). The maximum absolute atomic E-state index is 12.1. The Labute approximate surface area is 102 Å². The van der Waals surface area contributed by atoms with Crippen LogP contribution in [0.4, 0.5) is 13.2 Å². The van der Waals surface area contributed by atoms with Crippen LogP contribution in [0, 0.1) is 0 Å². The first-order valence-electron chi connectivity index (χ1n) is 6.25. The fourth-order valence-electron chi connectivity index (χ4n) is 1.66. The number of alkyl halides is 3. The van der Waals surface area contributed by atoms with Crippen LogP contribution in [0.25, 0.3) is 0 Å². The van der Waals surface area contributed by atoms with Crippen molar-refractivity contribution in [3.63, 3.8) is 0 Å². The molecule has 1 atom stereocenters. The van der Waals surface area contributed by atoms with Crippen LogP contribution in [0.5, 0.6) is 0 Å². The summed E-state index contributed by atoms with van der Waals surface area (Å²) in [5, 5.41) is 11.6. The molecule has 0 aromatic carbocycles. The van der Waals surface area contributed by atoms with Gasteiger partial charge in [0.05, 0.1) is 13.2 Å². The zero-order valence-corrected chi connectivity index (χ0v) is 10.7. The Morgan fingerprint density at radius 2 is 1.65 bits per heavy atom. The number of nitrogens with one attached hydrogen (secondary N) is 1. The van der Waals surface area contributed by atoms with E-state index < -0.39 is 18.3 Å². The molecule has 0 aliphatic carbocycles. The molecule has 1 unspecified atom stereocenters. The smallest absolute Gasteiger partial charge is 0.394 e. The van der Waals surface area contributed by atoms with Gasteiger partial charge < -0.3 is 10.4 Å². The summed E-state index contributed by atoms with van der Waals surface area (Å²) >= 11 is 0. The van der Waals surface area contributed by atoms with E-state index in [0.29, 0.717) is 6.42 Å². The van der Waals surface area contributed by atoms with Crippen LogP contribution in [0.15, 0.2) is 0 Å². The molecule has 0 amide bonds. The van der Waals surface area contributed by atoms with Crippen LogP contribution in [-0.2, 0) is 0 Å². The molecule has 0 bridgehead atoms. The van der Waals surface area contributed by atoms with E-state index in [1.54, 1.807) is 6.92 Å². The zero-order chi connectivity index (χ0) is 13.4. The summed E-state index contributed by atoms with van der Waals surface area (Å²) in [6.07, 6.45) is 1.62. The molecule has 0 aliphatic heterocycles. The van der Waals surface area contributed by atoms with Crippen LogP contribution in [-0.4, -0.2) is 30.0 Å². The Hall–Kier alpha value is -0.290. The van der Waals surface area contributed by atoms with Gasteiger partial charge in [-0.3, -0.25) is 0 Å². The summed E-state index contributed by atoms with van der Waals surface area (Å²) < 4.78 is 36.2. The summed E-state index contributed by atoms with van der Waals surface area (Å²) in [5.74, 6) is 0. The Kier molecular flexibility index (Phi) is 7.79. The van der Waals surface area contributed by atoms with Gasteiger partial charge in [-0.1, -0.05) is 39.0 Å². The second-order valence-electron chi connectivity index (χ2n) is 4.85. The van der Waals surface area contributed by atoms with Crippen molar-refractivity contribution in [2.24, 2.45) is 0 Å². The van der Waals surface area contributed by atoms with E-state index in [-0.39, 0.29) is 6.61 Å². The van der Waals surface area contributed by atoms with E-state index in [4.69, 9.17) is 5.11 Å². The minimum absolute atomic E-state index is 0.267. The average molecular weight is 255 g/mol. The van der Waals surface area contributed by atoms with E-state index in [9.17, 15) is 13.2 Å². The normalized spacial score (nSPS) is 15.9. The number of hydrogen-bond acceptors (Lipinski definition) is 2. The summed E-state index contributed by atoms with van der Waals surface area (Å²) in [5.41, 5.74) is -0.818. The van der Waals surface area contributed by atoms with Gasteiger partial charge in [0.15, 0.2) is 0 Å². The van der Waals surface area contributed by atoms with Crippen molar-refractivity contribution >= 4 is 0 Å². The third-order valence-corrected chi connectivity index (χ3v) is 2.90. The van der Waals surface area contributed by atoms with E-state index >= 15 is 0 Å². The molecular formula is C12H24F3NO. The number of unbranched alkanes of at least 4 members (excludes halogenated alkanes) is 4. The molecule has 0 saturated carbocycles. The number of aliphatic hydroxyl groups excluding tert-OH is 1. The van der Waals surface area contributed by atoms with Crippen molar-refractivity contribution in [1.29, 1.82) is 0 Å². The average Bonchev–Trinajstić information content (AvgIpc) is 2.25. The lowest BCUT2D eigenvalue weighted by Crippen LogP contribution is -2.49. The molecule has 0 saturated heterocycles. The van der Waals surface area contributed by atoms with Crippen LogP contribution >= 0.6 is 0 Å². The lowest BCUT2D eigenvalue weighted by Gasteiger charge is -2.29. The first-order valence-corrected chi connectivity index (χ1v) is 6.25. The lowest BCUT2D eigenvalue weighted by atomic mass is 9.94. The fraction of sp³-hybridized carbons (Fsp3) is 1.00. The fourth-order valence-corrected chi connectivity index (χ4v) is 1.66. The largest absolute Gasteiger partial charge is 0.401 e. The quantitative estimate of drug-likeness (QED) is 0.620. The molecule has 5 heteroatoms. The van der Waals surface area contributed by atoms with Gasteiger partial charge >= 0.3 is 6.18 Å². The molecule has 0 aromatic rings. The third kappa shape index (κ3) is 9.41. The molecule has 17 heavy (non-hydrogen) atoms. The van der Waals surface area contributed by atoms with Gasteiger partial charge in [-0.05, 0) is 13.3 Å². The van der Waals surface area contributed by atoms with Crippen LogP contribution in [0.3, 0.4) is 0 Å². The Morgan fingerprint density at radius 1 is 1.06 bits per heavy atom. The molecule has 104 valence electrons. The van der Waals surface area contributed by atoms with Crippen molar-refractivity contribution in [3.8, 4) is 0 Å². The van der Waals surface area contributed by atoms with Gasteiger partial charge in [0.25, 0.3) is 0 Å². The highest BCUT2D eigenvalue weighted by Crippen LogP contribution is 2.19. The van der Waals surface area contributed by atoms with Crippen molar-refractivity contribution < 1.29 is 18.3 Å². The van der Waals surface area contributed by atoms with E-state index in [1.807, 2.05) is 0 Å². The first-order chi connectivity index (χ1) is 7.83. The highest BCUT2D eigenvalue weighted by Gasteiger charge is 2.32. The molecule has 0 fully saturated rings. The van der Waals surface area contributed by atoms with Crippen LogP contribution < -0.4 is 5.32 Å². The second-order valence-corrected chi connectivity index (χ2v) is 4.85. The second kappa shape index (κ2) is 7.93. The number of hydrogen-bond donors (Lipinski definition) is 2. The summed E-state index contributed by atoms with van der Waals surface area (Å²) in [4.78, 5) is 0. The van der Waals surface area contributed by atoms with E-state index in [1.165, 1.54) is 0 Å². The highest BCUT2D eigenvalue weighted by molar-refractivity contribution is 4.83. The van der Waals surface area contributed by atoms with Crippen molar-refractivity contribution in [1.82, 2.24) is 5.32 Å². The maximum Gasteiger partial charge on any atom is 0.401 e. The number of halogens is 3. The molecule has 0 heterocycles. The molecule has 2 N–H and O–H groups in total. The first kappa shape index (κ1) is 16.7. The van der Waals surface area contributed by atoms with Crippen molar-refractivity contribution in [2.45, 2.75) is 64.1 Å². The standard InChI is InChI=1S/C12H24F3NO/c1-3-4-5-6-7-8-11(2,10-17)16-9-12(13,14)15/h16-17H,3-10H2,1-2H3. The predicted octanol–water partition coefficient (Wildman–Crippen LogP) is 3.25. The third-order valence-electron chi connectivity index (χ3n) is 2.90. The van der Waals surface area contributed by atoms with Gasteiger partial charge in [-0.2, -0.15) is 13.2 Å². The summed E-state index contributed by atoms with van der Waals surface area (Å²) in [7, 11) is 0. The Morgan fingerprint density at radius 3 is 2.12 bits per heavy atom. The maximum atomic E-state index is 12.1. The van der Waals surface area contributed by atoms with Gasteiger partial charge in [-0.25, -0.2) is 0 Å². The molecule has 0 aromatic heterocycles. The minimum Gasteiger partial charge on any atom is -0.394 e. The van der Waals surface area contributed by atoms with E-state index in [0.717, 1.165) is 32.1 Å². The highest BCUT2D eigenvalue weighted by atomic mass is 19.4. The number of aliphatic hydroxyl groups is 1. The predicted molar refractivity (Wildman–Crippen MR) is 62.9 cm³/mol. The van der Waals surface area contributed by atoms with Gasteiger partial charge in [-0.15, -0.1) is 0 Å². The molecular weight excluding hydrogens is 231 g/mol. The number of rotatable bonds is 9. The Balaban J connectivity index is 3.85. The van der Waals surface area contributed by atoms with Crippen LogP contribution in [0.2, 0.25) is 0 Å². The van der Waals surface area contributed by atoms with Gasteiger partial charge in [0.1, 0.15) is 0 Å². The van der Waals surface area contributed by atoms with Gasteiger partial charge in [0, 0.05) is 5.54 Å². The molecule has 0 aliphatic rings. The van der Waals surface area contributed by atoms with Gasteiger partial charge in [0.2, 0.25) is 0 Å². The monoisotopic (exact) mass is 255 g/mol. The lowest BCUT2D eigenvalue weighted by molar-refractivity contribution is -0.129. The SMILES string of the molecule is CCCCCCCC(C)(CO)NCC(F)(F)F. The zero-order valence-electron chi connectivity index (χ0n) is 10.7. The summed E-state index contributed by atoms with van der Waals surface area (Å²) in [6, 6.07) is 0.